The maximum absolute atomic E-state index is 13.1. The summed E-state index contributed by atoms with van der Waals surface area (Å²) in [6, 6.07) is 9.53. The zero-order valence-corrected chi connectivity index (χ0v) is 20.0. The summed E-state index contributed by atoms with van der Waals surface area (Å²) in [6.45, 7) is 2.26. The largest absolute Gasteiger partial charge is 0.490 e. The summed E-state index contributed by atoms with van der Waals surface area (Å²) in [5.74, 6) is 0.683. The summed E-state index contributed by atoms with van der Waals surface area (Å²) in [4.78, 5) is 0. The van der Waals surface area contributed by atoms with Gasteiger partial charge in [-0.3, -0.25) is 5.10 Å². The highest BCUT2D eigenvalue weighted by atomic mass is 19.4. The highest BCUT2D eigenvalue weighted by molar-refractivity contribution is 5.89. The number of benzene rings is 2. The van der Waals surface area contributed by atoms with E-state index in [1.54, 1.807) is 24.7 Å². The number of aromatic amines is 1. The predicted octanol–water partition coefficient (Wildman–Crippen LogP) is 5.27. The summed E-state index contributed by atoms with van der Waals surface area (Å²) in [5.41, 5.74) is 2.71. The molecule has 0 aliphatic rings. The van der Waals surface area contributed by atoms with Gasteiger partial charge in [0.1, 0.15) is 18.6 Å². The number of nitriles is 1. The van der Waals surface area contributed by atoms with E-state index in [-0.39, 0.29) is 6.42 Å². The van der Waals surface area contributed by atoms with Gasteiger partial charge in [-0.1, -0.05) is 11.2 Å². The van der Waals surface area contributed by atoms with Crippen LogP contribution in [0.3, 0.4) is 0 Å². The molecule has 0 aliphatic heterocycles. The number of rotatable bonds is 13. The van der Waals surface area contributed by atoms with Crippen LogP contribution in [0.5, 0.6) is 5.75 Å². The molecule has 0 saturated carbocycles. The van der Waals surface area contributed by atoms with Gasteiger partial charge in [0.05, 0.1) is 48.0 Å². The van der Waals surface area contributed by atoms with E-state index in [2.05, 4.69) is 20.7 Å². The van der Waals surface area contributed by atoms with Crippen LogP contribution in [0.2, 0.25) is 0 Å². The molecule has 0 fully saturated rings. The van der Waals surface area contributed by atoms with E-state index in [0.717, 1.165) is 47.0 Å². The molecule has 0 atom stereocenters. The zero-order valence-electron chi connectivity index (χ0n) is 20.0. The highest BCUT2D eigenvalue weighted by Crippen LogP contribution is 2.32. The van der Waals surface area contributed by atoms with E-state index in [4.69, 9.17) is 19.3 Å². The van der Waals surface area contributed by atoms with Crippen molar-refractivity contribution in [2.24, 2.45) is 0 Å². The van der Waals surface area contributed by atoms with Crippen molar-refractivity contribution in [3.8, 4) is 22.9 Å². The van der Waals surface area contributed by atoms with Crippen molar-refractivity contribution in [1.29, 1.82) is 5.26 Å². The van der Waals surface area contributed by atoms with E-state index in [0.29, 0.717) is 49.8 Å². The molecular weight excluding hydrogens is 487 g/mol. The molecule has 0 amide bonds. The summed E-state index contributed by atoms with van der Waals surface area (Å²) < 4.78 is 55.8. The van der Waals surface area contributed by atoms with Crippen LogP contribution in [-0.4, -0.2) is 41.7 Å². The number of halogens is 3. The second-order valence-corrected chi connectivity index (χ2v) is 8.43. The zero-order chi connectivity index (χ0) is 26.1. The lowest BCUT2D eigenvalue weighted by atomic mass is 10.0. The minimum atomic E-state index is -4.44. The van der Waals surface area contributed by atoms with Crippen molar-refractivity contribution < 1.29 is 27.2 Å². The van der Waals surface area contributed by atoms with Crippen molar-refractivity contribution in [3.63, 3.8) is 0 Å². The fraction of sp³-hybridized carbons (Fsp3) is 0.346. The highest BCUT2D eigenvalue weighted by Gasteiger charge is 2.31. The van der Waals surface area contributed by atoms with Gasteiger partial charge in [-0.2, -0.15) is 23.5 Å². The normalized spacial score (nSPS) is 11.6. The van der Waals surface area contributed by atoms with Gasteiger partial charge in [0, 0.05) is 18.7 Å². The first kappa shape index (κ1) is 26.2. The lowest BCUT2D eigenvalue weighted by Gasteiger charge is -2.12. The average molecular weight is 514 g/mol. The molecule has 0 spiro atoms. The summed E-state index contributed by atoms with van der Waals surface area (Å²) in [5, 5.41) is 23.6. The maximum Gasteiger partial charge on any atom is 0.416 e. The molecule has 194 valence electrons. The van der Waals surface area contributed by atoms with Crippen LogP contribution < -0.4 is 10.1 Å². The lowest BCUT2D eigenvalue weighted by Crippen LogP contribution is -2.16. The number of nitrogens with zero attached hydrogens (tertiary/aromatic N) is 3. The van der Waals surface area contributed by atoms with E-state index in [9.17, 15) is 13.2 Å². The molecule has 0 saturated heterocycles. The van der Waals surface area contributed by atoms with Gasteiger partial charge in [-0.05, 0) is 60.3 Å². The molecule has 4 rings (SSSR count). The first-order valence-corrected chi connectivity index (χ1v) is 11.8. The minimum Gasteiger partial charge on any atom is -0.490 e. The third-order valence-electron chi connectivity index (χ3n) is 5.66. The number of unbranched alkanes of at least 4 members (excludes halogenated alkanes) is 1. The predicted molar refractivity (Wildman–Crippen MR) is 130 cm³/mol. The van der Waals surface area contributed by atoms with Crippen molar-refractivity contribution in [1.82, 2.24) is 20.7 Å². The molecule has 0 bridgehead atoms. The fourth-order valence-electron chi connectivity index (χ4n) is 3.87. The van der Waals surface area contributed by atoms with Gasteiger partial charge < -0.3 is 19.3 Å². The van der Waals surface area contributed by atoms with Crippen molar-refractivity contribution in [3.05, 3.63) is 65.7 Å². The van der Waals surface area contributed by atoms with Crippen LogP contribution in [0, 0.1) is 11.3 Å². The maximum atomic E-state index is 13.1. The second-order valence-electron chi connectivity index (χ2n) is 8.43. The molecule has 11 heteroatoms. The van der Waals surface area contributed by atoms with Crippen LogP contribution in [0.1, 0.15) is 29.5 Å². The topological polar surface area (TPSA) is 109 Å². The molecular formula is C26H26F3N5O3. The van der Waals surface area contributed by atoms with Gasteiger partial charge in [-0.25, -0.2) is 0 Å². The summed E-state index contributed by atoms with van der Waals surface area (Å²) in [6.07, 6.45) is 2.01. The van der Waals surface area contributed by atoms with E-state index in [1.807, 2.05) is 18.2 Å². The Bertz CT molecular complexity index is 1330. The number of hydrogen-bond acceptors (Lipinski definition) is 7. The van der Waals surface area contributed by atoms with Crippen LogP contribution in [-0.2, 0) is 23.9 Å². The van der Waals surface area contributed by atoms with Gasteiger partial charge >= 0.3 is 6.18 Å². The van der Waals surface area contributed by atoms with E-state index < -0.39 is 11.7 Å². The summed E-state index contributed by atoms with van der Waals surface area (Å²) in [7, 11) is 0. The smallest absolute Gasteiger partial charge is 0.416 e. The molecule has 2 N–H and O–H groups in total. The Labute approximate surface area is 211 Å². The van der Waals surface area contributed by atoms with Gasteiger partial charge in [0.25, 0.3) is 0 Å². The number of hydrogen-bond donors (Lipinski definition) is 2. The molecule has 37 heavy (non-hydrogen) atoms. The molecule has 0 radical (unpaired) electrons. The first-order valence-electron chi connectivity index (χ1n) is 11.8. The Morgan fingerprint density at radius 1 is 1.00 bits per heavy atom. The van der Waals surface area contributed by atoms with Crippen LogP contribution in [0.25, 0.3) is 22.0 Å². The molecule has 2 heterocycles. The van der Waals surface area contributed by atoms with Crippen LogP contribution >= 0.6 is 0 Å². The minimum absolute atomic E-state index is 0.0573. The molecule has 2 aromatic heterocycles. The average Bonchev–Trinajstić information content (AvgIpc) is 3.57. The fourth-order valence-corrected chi connectivity index (χ4v) is 3.87. The number of alkyl halides is 3. The Morgan fingerprint density at radius 3 is 2.65 bits per heavy atom. The van der Waals surface area contributed by atoms with Crippen molar-refractivity contribution >= 4 is 10.9 Å². The monoisotopic (exact) mass is 513 g/mol. The standard InChI is InChI=1S/C26H26F3N5O3/c27-26(28,29)22-10-18(3-4-30)9-19(11-22)14-31-5-1-2-6-35-7-8-36-25-13-20(21-15-33-37-17-21)12-24-23(25)16-32-34-24/h9-13,15-17,31H,1-3,5-8,14H2,(H,32,34). The molecule has 2 aromatic carbocycles. The third-order valence-corrected chi connectivity index (χ3v) is 5.66. The van der Waals surface area contributed by atoms with Gasteiger partial charge in [0.2, 0.25) is 0 Å². The molecule has 0 unspecified atom stereocenters. The SMILES string of the molecule is N#CCc1cc(CNCCCCOCCOc2cc(-c3cnoc3)cc3[nH]ncc23)cc(C(F)(F)F)c1. The Hall–Kier alpha value is -3.88. The van der Waals surface area contributed by atoms with Gasteiger partial charge in [-0.15, -0.1) is 0 Å². The Kier molecular flexibility index (Phi) is 8.77. The number of H-pyrrole nitrogens is 1. The van der Waals surface area contributed by atoms with E-state index in [1.165, 1.54) is 0 Å². The first-order chi connectivity index (χ1) is 17.9. The Balaban J connectivity index is 1.14. The molecule has 8 nitrogen and oxygen atoms in total. The number of ether oxygens (including phenoxy) is 2. The molecule has 4 aromatic rings. The van der Waals surface area contributed by atoms with Gasteiger partial charge in [0.15, 0.2) is 0 Å². The second kappa shape index (κ2) is 12.4. The van der Waals surface area contributed by atoms with E-state index >= 15 is 0 Å². The number of fused-ring (bicyclic) bond motifs is 1. The number of nitrogens with one attached hydrogen (secondary N) is 2. The quantitative estimate of drug-likeness (QED) is 0.235. The third kappa shape index (κ3) is 7.31. The lowest BCUT2D eigenvalue weighted by molar-refractivity contribution is -0.137. The van der Waals surface area contributed by atoms with Crippen molar-refractivity contribution in [2.45, 2.75) is 32.0 Å². The van der Waals surface area contributed by atoms with Crippen LogP contribution in [0.15, 0.2) is 53.5 Å². The van der Waals surface area contributed by atoms with Crippen LogP contribution in [0.4, 0.5) is 13.2 Å². The number of aromatic nitrogens is 3. The van der Waals surface area contributed by atoms with Crippen molar-refractivity contribution in [2.75, 3.05) is 26.4 Å². The molecule has 0 aliphatic carbocycles. The summed E-state index contributed by atoms with van der Waals surface area (Å²) >= 11 is 0. The Morgan fingerprint density at radius 2 is 1.86 bits per heavy atom.